The Balaban J connectivity index is 1.46. The molecule has 0 radical (unpaired) electrons. The van der Waals surface area contributed by atoms with Crippen molar-refractivity contribution >= 4 is 22.6 Å². The lowest BCUT2D eigenvalue weighted by Gasteiger charge is -2.14. The second-order valence-corrected chi connectivity index (χ2v) is 6.60. The van der Waals surface area contributed by atoms with Gasteiger partial charge in [-0.05, 0) is 56.1 Å². The number of hydrogen-bond acceptors (Lipinski definition) is 4. The number of halogens is 1. The second-order valence-electron chi connectivity index (χ2n) is 6.60. The molecule has 3 aromatic rings. The first-order chi connectivity index (χ1) is 12.7. The summed E-state index contributed by atoms with van der Waals surface area (Å²) in [5.41, 5.74) is 2.61. The summed E-state index contributed by atoms with van der Waals surface area (Å²) in [6, 6.07) is 10.3. The van der Waals surface area contributed by atoms with Crippen LogP contribution in [0.1, 0.15) is 28.8 Å². The summed E-state index contributed by atoms with van der Waals surface area (Å²) in [6.07, 6.45) is 3.48. The Labute approximate surface area is 150 Å². The molecule has 1 aromatic heterocycles. The van der Waals surface area contributed by atoms with Crippen molar-refractivity contribution in [2.75, 3.05) is 25.0 Å². The van der Waals surface area contributed by atoms with Crippen LogP contribution in [0.25, 0.3) is 11.0 Å². The molecule has 1 saturated heterocycles. The van der Waals surface area contributed by atoms with Crippen LogP contribution in [0.2, 0.25) is 0 Å². The van der Waals surface area contributed by atoms with Crippen molar-refractivity contribution in [3.05, 3.63) is 53.3 Å². The highest BCUT2D eigenvalue weighted by atomic mass is 19.1. The minimum atomic E-state index is -0.617. The maximum absolute atomic E-state index is 14.2. The van der Waals surface area contributed by atoms with Crippen LogP contribution >= 0.6 is 0 Å². The largest absolute Gasteiger partial charge is 0.322 e. The predicted octanol–water partition coefficient (Wildman–Crippen LogP) is 2.99. The van der Waals surface area contributed by atoms with Crippen molar-refractivity contribution < 1.29 is 9.18 Å². The maximum Gasteiger partial charge on any atom is 0.258 e. The van der Waals surface area contributed by atoms with Gasteiger partial charge in [0.25, 0.3) is 5.91 Å². The van der Waals surface area contributed by atoms with E-state index in [1.54, 1.807) is 0 Å². The number of nitrogens with one attached hydrogen (secondary N) is 2. The monoisotopic (exact) mass is 353 g/mol. The van der Waals surface area contributed by atoms with Crippen molar-refractivity contribution in [3.8, 4) is 0 Å². The Morgan fingerprint density at radius 3 is 2.73 bits per heavy atom. The summed E-state index contributed by atoms with van der Waals surface area (Å²) in [5.74, 6) is -1.11. The highest BCUT2D eigenvalue weighted by Gasteiger charge is 2.15. The van der Waals surface area contributed by atoms with Crippen LogP contribution in [0, 0.1) is 5.82 Å². The standard InChI is InChI=1S/C19H20FN5O/c20-16-12-18-17(22-24-23-18)11-15(16)19(26)21-14-5-3-4-13(10-14)6-9-25-7-1-2-8-25/h3-5,10-12H,1-2,6-9H2,(H,21,26)(H,22,23,24). The van der Waals surface area contributed by atoms with Crippen molar-refractivity contribution in [2.24, 2.45) is 0 Å². The molecule has 0 aliphatic carbocycles. The van der Waals surface area contributed by atoms with Crippen LogP contribution < -0.4 is 5.32 Å². The van der Waals surface area contributed by atoms with Gasteiger partial charge in [0.1, 0.15) is 16.9 Å². The first-order valence-corrected chi connectivity index (χ1v) is 8.82. The summed E-state index contributed by atoms with van der Waals surface area (Å²) in [4.78, 5) is 14.9. The molecule has 7 heteroatoms. The second kappa shape index (κ2) is 7.21. The van der Waals surface area contributed by atoms with Gasteiger partial charge in [0, 0.05) is 18.3 Å². The first-order valence-electron chi connectivity index (χ1n) is 8.82. The number of fused-ring (bicyclic) bond motifs is 1. The summed E-state index contributed by atoms with van der Waals surface area (Å²) >= 11 is 0. The molecule has 1 fully saturated rings. The third-order valence-corrected chi connectivity index (χ3v) is 4.75. The van der Waals surface area contributed by atoms with Crippen molar-refractivity contribution in [3.63, 3.8) is 0 Å². The van der Waals surface area contributed by atoms with E-state index < -0.39 is 11.7 Å². The van der Waals surface area contributed by atoms with E-state index in [-0.39, 0.29) is 5.56 Å². The van der Waals surface area contributed by atoms with E-state index in [9.17, 15) is 9.18 Å². The molecule has 2 heterocycles. The fraction of sp³-hybridized carbons (Fsp3) is 0.316. The van der Waals surface area contributed by atoms with E-state index >= 15 is 0 Å². The minimum Gasteiger partial charge on any atom is -0.322 e. The Morgan fingerprint density at radius 1 is 1.15 bits per heavy atom. The van der Waals surface area contributed by atoms with Crippen molar-refractivity contribution in [1.29, 1.82) is 0 Å². The Bertz CT molecular complexity index is 933. The van der Waals surface area contributed by atoms with Gasteiger partial charge in [0.15, 0.2) is 0 Å². The predicted molar refractivity (Wildman–Crippen MR) is 97.6 cm³/mol. The number of nitrogens with zero attached hydrogens (tertiary/aromatic N) is 3. The number of aromatic nitrogens is 3. The van der Waals surface area contributed by atoms with Crippen LogP contribution in [0.15, 0.2) is 36.4 Å². The first kappa shape index (κ1) is 16.7. The van der Waals surface area contributed by atoms with Gasteiger partial charge in [0.05, 0.1) is 5.56 Å². The minimum absolute atomic E-state index is 0.0473. The molecule has 0 saturated carbocycles. The third kappa shape index (κ3) is 3.57. The maximum atomic E-state index is 14.2. The van der Waals surface area contributed by atoms with Crippen LogP contribution in [0.5, 0.6) is 0 Å². The van der Waals surface area contributed by atoms with Gasteiger partial charge in [-0.3, -0.25) is 4.79 Å². The van der Waals surface area contributed by atoms with Gasteiger partial charge < -0.3 is 10.2 Å². The van der Waals surface area contributed by atoms with Gasteiger partial charge in [-0.2, -0.15) is 15.4 Å². The number of carbonyl (C=O) groups excluding carboxylic acids is 1. The lowest BCUT2D eigenvalue weighted by molar-refractivity contribution is 0.102. The molecule has 6 nitrogen and oxygen atoms in total. The molecular formula is C19H20FN5O. The SMILES string of the molecule is O=C(Nc1cccc(CCN2CCCC2)c1)c1cc2n[nH]nc2cc1F. The molecular weight excluding hydrogens is 333 g/mol. The number of rotatable bonds is 5. The van der Waals surface area contributed by atoms with Crippen LogP contribution in [-0.4, -0.2) is 45.9 Å². The number of aromatic amines is 1. The number of H-pyrrole nitrogens is 1. The highest BCUT2D eigenvalue weighted by Crippen LogP contribution is 2.18. The summed E-state index contributed by atoms with van der Waals surface area (Å²) in [7, 11) is 0. The van der Waals surface area contributed by atoms with Crippen LogP contribution in [0.4, 0.5) is 10.1 Å². The van der Waals surface area contributed by atoms with E-state index in [1.165, 1.54) is 38.1 Å². The average Bonchev–Trinajstić information content (AvgIpc) is 3.30. The van der Waals surface area contributed by atoms with E-state index in [1.807, 2.05) is 24.3 Å². The van der Waals surface area contributed by atoms with Gasteiger partial charge in [0.2, 0.25) is 0 Å². The lowest BCUT2D eigenvalue weighted by Crippen LogP contribution is -2.22. The van der Waals surface area contributed by atoms with Gasteiger partial charge >= 0.3 is 0 Å². The topological polar surface area (TPSA) is 73.9 Å². The molecule has 0 atom stereocenters. The molecule has 2 aromatic carbocycles. The van der Waals surface area contributed by atoms with E-state index in [0.717, 1.165) is 18.5 Å². The summed E-state index contributed by atoms with van der Waals surface area (Å²) in [5, 5.41) is 12.9. The van der Waals surface area contributed by atoms with Gasteiger partial charge in [-0.1, -0.05) is 12.1 Å². The van der Waals surface area contributed by atoms with E-state index in [2.05, 4.69) is 25.6 Å². The smallest absolute Gasteiger partial charge is 0.258 e. The molecule has 0 unspecified atom stereocenters. The molecule has 134 valence electrons. The molecule has 0 bridgehead atoms. The quantitative estimate of drug-likeness (QED) is 0.739. The van der Waals surface area contributed by atoms with E-state index in [0.29, 0.717) is 16.7 Å². The molecule has 1 aliphatic heterocycles. The molecule has 1 amide bonds. The van der Waals surface area contributed by atoms with E-state index in [4.69, 9.17) is 0 Å². The normalized spacial score (nSPS) is 14.8. The Morgan fingerprint density at radius 2 is 1.92 bits per heavy atom. The summed E-state index contributed by atoms with van der Waals surface area (Å²) < 4.78 is 14.2. The molecule has 26 heavy (non-hydrogen) atoms. The number of carbonyl (C=O) groups is 1. The third-order valence-electron chi connectivity index (χ3n) is 4.75. The zero-order valence-electron chi connectivity index (χ0n) is 14.3. The number of hydrogen-bond donors (Lipinski definition) is 2. The Kier molecular flexibility index (Phi) is 4.62. The molecule has 1 aliphatic rings. The van der Waals surface area contributed by atoms with Gasteiger partial charge in [-0.25, -0.2) is 4.39 Å². The number of benzene rings is 2. The lowest BCUT2D eigenvalue weighted by atomic mass is 10.1. The van der Waals surface area contributed by atoms with Crippen LogP contribution in [0.3, 0.4) is 0 Å². The zero-order chi connectivity index (χ0) is 17.9. The fourth-order valence-corrected chi connectivity index (χ4v) is 3.33. The summed E-state index contributed by atoms with van der Waals surface area (Å²) in [6.45, 7) is 3.36. The average molecular weight is 353 g/mol. The zero-order valence-corrected chi connectivity index (χ0v) is 14.3. The molecule has 4 rings (SSSR count). The number of amides is 1. The molecule has 2 N–H and O–H groups in total. The van der Waals surface area contributed by atoms with Crippen LogP contribution in [-0.2, 0) is 6.42 Å². The number of likely N-dealkylation sites (tertiary alicyclic amines) is 1. The molecule has 0 spiro atoms. The van der Waals surface area contributed by atoms with Crippen molar-refractivity contribution in [1.82, 2.24) is 20.3 Å². The van der Waals surface area contributed by atoms with Gasteiger partial charge in [-0.15, -0.1) is 0 Å². The fourth-order valence-electron chi connectivity index (χ4n) is 3.33. The number of anilines is 1. The highest BCUT2D eigenvalue weighted by molar-refractivity contribution is 6.06. The Hall–Kier alpha value is -2.80. The van der Waals surface area contributed by atoms with Crippen molar-refractivity contribution in [2.45, 2.75) is 19.3 Å².